The number of hydrazine groups is 1. The van der Waals surface area contributed by atoms with E-state index in [1.165, 1.54) is 12.1 Å². The van der Waals surface area contributed by atoms with Crippen LogP contribution in [0.5, 0.6) is 0 Å². The number of hydrogen-bond donors (Lipinski definition) is 5. The normalized spacial score (nSPS) is 14.2. The number of thiophene rings is 1. The van der Waals surface area contributed by atoms with Crippen LogP contribution in [-0.2, 0) is 4.74 Å². The van der Waals surface area contributed by atoms with Crippen LogP contribution in [0, 0.1) is 0 Å². The molecule has 9 heteroatoms. The van der Waals surface area contributed by atoms with Gasteiger partial charge < -0.3 is 20.3 Å². The molecule has 3 aromatic rings. The summed E-state index contributed by atoms with van der Waals surface area (Å²) in [6.07, 6.45) is -3.23. The first-order valence-corrected chi connectivity index (χ1v) is 10.9. The van der Waals surface area contributed by atoms with Crippen LogP contribution in [0.15, 0.2) is 60.7 Å². The Labute approximate surface area is 188 Å². The minimum absolute atomic E-state index is 0.0677. The third-order valence-electron chi connectivity index (χ3n) is 5.44. The highest BCUT2D eigenvalue weighted by Crippen LogP contribution is 2.44. The van der Waals surface area contributed by atoms with Crippen molar-refractivity contribution in [1.82, 2.24) is 10.7 Å². The zero-order valence-electron chi connectivity index (χ0n) is 17.0. The van der Waals surface area contributed by atoms with Crippen molar-refractivity contribution in [3.63, 3.8) is 0 Å². The summed E-state index contributed by atoms with van der Waals surface area (Å²) in [7, 11) is 0. The topological polar surface area (TPSA) is 134 Å². The number of carbonyl (C=O) groups excluding carboxylic acids is 2. The van der Waals surface area contributed by atoms with Gasteiger partial charge in [0.15, 0.2) is 0 Å². The van der Waals surface area contributed by atoms with Crippen LogP contribution in [0.2, 0.25) is 0 Å². The van der Waals surface area contributed by atoms with Crippen molar-refractivity contribution in [1.29, 1.82) is 0 Å². The summed E-state index contributed by atoms with van der Waals surface area (Å²) in [6, 6.07) is 19.1. The van der Waals surface area contributed by atoms with Gasteiger partial charge in [-0.2, -0.15) is 0 Å². The van der Waals surface area contributed by atoms with Gasteiger partial charge in [-0.25, -0.2) is 10.6 Å². The number of nitrogens with one attached hydrogen (secondary N) is 2. The number of aliphatic hydroxyl groups is 2. The first-order valence-electron chi connectivity index (χ1n) is 10.0. The molecule has 166 valence electrons. The molecule has 4 rings (SSSR count). The highest BCUT2D eigenvalue weighted by atomic mass is 32.1. The van der Waals surface area contributed by atoms with Gasteiger partial charge in [0.1, 0.15) is 18.8 Å². The van der Waals surface area contributed by atoms with E-state index >= 15 is 0 Å². The van der Waals surface area contributed by atoms with Crippen molar-refractivity contribution < 1.29 is 24.5 Å². The number of ether oxygens (including phenoxy) is 1. The molecule has 1 heterocycles. The first kappa shape index (κ1) is 22.0. The predicted octanol–water partition coefficient (Wildman–Crippen LogP) is 2.28. The Balaban J connectivity index is 1.32. The monoisotopic (exact) mass is 453 g/mol. The third-order valence-corrected chi connectivity index (χ3v) is 6.59. The van der Waals surface area contributed by atoms with E-state index in [-0.39, 0.29) is 19.1 Å². The summed E-state index contributed by atoms with van der Waals surface area (Å²) in [5.74, 6) is 4.54. The lowest BCUT2D eigenvalue weighted by Gasteiger charge is -2.18. The average Bonchev–Trinajstić information content (AvgIpc) is 3.44. The van der Waals surface area contributed by atoms with Crippen molar-refractivity contribution in [3.8, 4) is 11.1 Å². The summed E-state index contributed by atoms with van der Waals surface area (Å²) in [6.45, 7) is -0.0604. The van der Waals surface area contributed by atoms with Gasteiger partial charge in [0.2, 0.25) is 0 Å². The van der Waals surface area contributed by atoms with Gasteiger partial charge in [-0.15, -0.1) is 11.3 Å². The van der Waals surface area contributed by atoms with Crippen LogP contribution in [0.25, 0.3) is 11.1 Å². The Hall–Kier alpha value is -3.24. The summed E-state index contributed by atoms with van der Waals surface area (Å²) in [4.78, 5) is 24.4. The Bertz CT molecular complexity index is 1090. The van der Waals surface area contributed by atoms with E-state index in [1.54, 1.807) is 0 Å². The molecular weight excluding hydrogens is 430 g/mol. The molecule has 0 saturated heterocycles. The second-order valence-electron chi connectivity index (χ2n) is 7.39. The summed E-state index contributed by atoms with van der Waals surface area (Å²) in [5, 5.41) is 23.0. The average molecular weight is 454 g/mol. The largest absolute Gasteiger partial charge is 0.449 e. The molecule has 1 aliphatic carbocycles. The second kappa shape index (κ2) is 9.49. The predicted molar refractivity (Wildman–Crippen MR) is 120 cm³/mol. The van der Waals surface area contributed by atoms with Crippen LogP contribution in [0.4, 0.5) is 4.79 Å². The van der Waals surface area contributed by atoms with Crippen LogP contribution < -0.4 is 16.6 Å². The van der Waals surface area contributed by atoms with E-state index in [0.29, 0.717) is 9.75 Å². The van der Waals surface area contributed by atoms with Crippen molar-refractivity contribution in [3.05, 3.63) is 81.5 Å². The van der Waals surface area contributed by atoms with E-state index in [1.807, 2.05) is 41.8 Å². The summed E-state index contributed by atoms with van der Waals surface area (Å²) >= 11 is 1.00. The highest BCUT2D eigenvalue weighted by molar-refractivity contribution is 7.14. The molecule has 2 amide bonds. The van der Waals surface area contributed by atoms with Gasteiger partial charge in [-0.1, -0.05) is 48.5 Å². The number of alkyl carbamates (subject to hydrolysis) is 1. The van der Waals surface area contributed by atoms with E-state index in [0.717, 1.165) is 33.6 Å². The summed E-state index contributed by atoms with van der Waals surface area (Å²) < 4.78 is 5.42. The van der Waals surface area contributed by atoms with E-state index in [4.69, 9.17) is 10.6 Å². The molecule has 2 unspecified atom stereocenters. The van der Waals surface area contributed by atoms with Gasteiger partial charge in [0, 0.05) is 17.3 Å². The van der Waals surface area contributed by atoms with Gasteiger partial charge in [-0.3, -0.25) is 10.2 Å². The number of carbonyl (C=O) groups is 2. The number of rotatable bonds is 7. The molecule has 1 aliphatic rings. The molecule has 0 fully saturated rings. The Morgan fingerprint density at radius 2 is 1.62 bits per heavy atom. The molecule has 8 nitrogen and oxygen atoms in total. The van der Waals surface area contributed by atoms with Crippen molar-refractivity contribution in [2.24, 2.45) is 5.84 Å². The SMILES string of the molecule is NNC(=O)c1ccc(C(O)C(O)CNC(=O)OCC2c3ccccc3-c3ccccc32)s1. The van der Waals surface area contributed by atoms with Gasteiger partial charge in [-0.05, 0) is 34.4 Å². The fourth-order valence-corrected chi connectivity index (χ4v) is 4.80. The van der Waals surface area contributed by atoms with Crippen molar-refractivity contribution in [2.75, 3.05) is 13.2 Å². The lowest BCUT2D eigenvalue weighted by Crippen LogP contribution is -2.36. The molecule has 0 bridgehead atoms. The van der Waals surface area contributed by atoms with Gasteiger partial charge in [0.05, 0.1) is 4.88 Å². The quantitative estimate of drug-likeness (QED) is 0.212. The molecule has 32 heavy (non-hydrogen) atoms. The van der Waals surface area contributed by atoms with Crippen LogP contribution in [0.1, 0.15) is 37.7 Å². The number of aliphatic hydroxyl groups excluding tert-OH is 2. The molecule has 0 saturated carbocycles. The lowest BCUT2D eigenvalue weighted by atomic mass is 9.98. The Kier molecular flexibility index (Phi) is 6.52. The zero-order chi connectivity index (χ0) is 22.7. The number of nitrogen functional groups attached to an aromatic ring is 1. The number of hydrogen-bond acceptors (Lipinski definition) is 7. The number of amides is 2. The molecular formula is C23H23N3O5S. The fraction of sp³-hybridized carbons (Fsp3) is 0.217. The van der Waals surface area contributed by atoms with Gasteiger partial charge in [0.25, 0.3) is 5.91 Å². The third kappa shape index (κ3) is 4.37. The first-order chi connectivity index (χ1) is 15.5. The molecule has 0 aliphatic heterocycles. The Morgan fingerprint density at radius 3 is 2.25 bits per heavy atom. The van der Waals surface area contributed by atoms with Crippen molar-refractivity contribution in [2.45, 2.75) is 18.1 Å². The van der Waals surface area contributed by atoms with Crippen LogP contribution >= 0.6 is 11.3 Å². The molecule has 6 N–H and O–H groups in total. The maximum absolute atomic E-state index is 12.2. The van der Waals surface area contributed by atoms with Crippen molar-refractivity contribution >= 4 is 23.3 Å². The maximum atomic E-state index is 12.2. The molecule has 1 aromatic heterocycles. The Morgan fingerprint density at radius 1 is 1.00 bits per heavy atom. The van der Waals surface area contributed by atoms with E-state index in [9.17, 15) is 19.8 Å². The van der Waals surface area contributed by atoms with Gasteiger partial charge >= 0.3 is 6.09 Å². The number of benzene rings is 2. The fourth-order valence-electron chi connectivity index (χ4n) is 3.84. The smallest absolute Gasteiger partial charge is 0.407 e. The standard InChI is InChI=1S/C23H23N3O5S/c24-26-22(29)20-10-9-19(32-20)21(28)18(27)11-25-23(30)31-12-17-15-7-3-1-5-13(15)14-6-2-4-8-16(14)17/h1-10,17-18,21,27-28H,11-12,24H2,(H,25,30)(H,26,29). The number of fused-ring (bicyclic) bond motifs is 3. The van der Waals surface area contributed by atoms with Crippen LogP contribution in [-0.4, -0.2) is 41.5 Å². The molecule has 0 radical (unpaired) electrons. The highest BCUT2D eigenvalue weighted by Gasteiger charge is 2.29. The zero-order valence-corrected chi connectivity index (χ0v) is 17.8. The molecule has 2 atom stereocenters. The molecule has 0 spiro atoms. The second-order valence-corrected chi connectivity index (χ2v) is 8.51. The molecule has 2 aromatic carbocycles. The summed E-state index contributed by atoms with van der Waals surface area (Å²) in [5.41, 5.74) is 6.48. The van der Waals surface area contributed by atoms with E-state index in [2.05, 4.69) is 17.4 Å². The minimum Gasteiger partial charge on any atom is -0.449 e. The lowest BCUT2D eigenvalue weighted by molar-refractivity contribution is 0.0206. The maximum Gasteiger partial charge on any atom is 0.407 e. The minimum atomic E-state index is -1.28. The van der Waals surface area contributed by atoms with E-state index < -0.39 is 24.2 Å². The number of nitrogens with two attached hydrogens (primary N) is 1. The van der Waals surface area contributed by atoms with Crippen LogP contribution in [0.3, 0.4) is 0 Å².